The molecule has 1 aliphatic rings. The molecule has 1 heterocycles. The first-order valence-electron chi connectivity index (χ1n) is 9.46. The number of carbonyl (C=O) groups is 4. The van der Waals surface area contributed by atoms with Gasteiger partial charge in [-0.05, 0) is 54.6 Å². The minimum absolute atomic E-state index is 0.00305. The van der Waals surface area contributed by atoms with E-state index < -0.39 is 22.9 Å². The third-order valence-electron chi connectivity index (χ3n) is 4.42. The van der Waals surface area contributed by atoms with Crippen molar-refractivity contribution in [2.24, 2.45) is 0 Å². The maximum absolute atomic E-state index is 13.0. The number of nitrogens with one attached hydrogen (secondary N) is 2. The smallest absolute Gasteiger partial charge is 0.293 e. The summed E-state index contributed by atoms with van der Waals surface area (Å²) in [5, 5.41) is 4.64. The van der Waals surface area contributed by atoms with Gasteiger partial charge in [0, 0.05) is 18.7 Å². The highest BCUT2D eigenvalue weighted by Crippen LogP contribution is 2.31. The van der Waals surface area contributed by atoms with Gasteiger partial charge in [-0.25, -0.2) is 4.39 Å². The highest BCUT2D eigenvalue weighted by atomic mass is 32.2. The highest BCUT2D eigenvalue weighted by Gasteiger charge is 2.34. The van der Waals surface area contributed by atoms with Crippen LogP contribution in [0.25, 0.3) is 6.08 Å². The Bertz CT molecular complexity index is 1040. The van der Waals surface area contributed by atoms with Crippen LogP contribution < -0.4 is 10.6 Å². The van der Waals surface area contributed by atoms with Crippen molar-refractivity contribution >= 4 is 40.8 Å². The summed E-state index contributed by atoms with van der Waals surface area (Å²) in [4.78, 5) is 49.8. The van der Waals surface area contributed by atoms with Crippen molar-refractivity contribution in [3.8, 4) is 0 Å². The second-order valence-electron chi connectivity index (χ2n) is 6.78. The molecule has 9 heteroatoms. The van der Waals surface area contributed by atoms with E-state index in [1.54, 1.807) is 24.3 Å². The van der Waals surface area contributed by atoms with Crippen molar-refractivity contribution in [3.05, 3.63) is 75.9 Å². The molecule has 0 aliphatic carbocycles. The van der Waals surface area contributed by atoms with E-state index in [2.05, 4.69) is 10.6 Å². The van der Waals surface area contributed by atoms with Crippen molar-refractivity contribution in [1.82, 2.24) is 15.5 Å². The molecule has 2 aromatic carbocycles. The predicted octanol–water partition coefficient (Wildman–Crippen LogP) is 2.72. The van der Waals surface area contributed by atoms with Crippen LogP contribution in [-0.4, -0.2) is 47.5 Å². The van der Waals surface area contributed by atoms with E-state index in [0.717, 1.165) is 22.2 Å². The van der Waals surface area contributed by atoms with Crippen LogP contribution in [0.5, 0.6) is 0 Å². The van der Waals surface area contributed by atoms with Crippen LogP contribution in [-0.2, 0) is 9.59 Å². The number of hydrogen-bond acceptors (Lipinski definition) is 5. The Kier molecular flexibility index (Phi) is 7.19. The first kappa shape index (κ1) is 22.2. The van der Waals surface area contributed by atoms with Gasteiger partial charge in [0.2, 0.25) is 5.91 Å². The van der Waals surface area contributed by atoms with Gasteiger partial charge in [0.25, 0.3) is 17.1 Å². The standard InChI is InChI=1S/C22H20FN3O4S/c1-14-2-6-16(7-3-14)20(28)25-13-19(27)24-10-11-26-21(29)18(31-22(26)30)12-15-4-8-17(23)9-5-15/h2-9,12H,10-11,13H2,1H3,(H,24,27)(H,25,28)/b18-12-. The van der Waals surface area contributed by atoms with Gasteiger partial charge >= 0.3 is 0 Å². The lowest BCUT2D eigenvalue weighted by Gasteiger charge is -2.13. The molecule has 1 saturated heterocycles. The van der Waals surface area contributed by atoms with Crippen molar-refractivity contribution in [1.29, 1.82) is 0 Å². The van der Waals surface area contributed by atoms with Crippen LogP contribution in [0.15, 0.2) is 53.4 Å². The van der Waals surface area contributed by atoms with Crippen LogP contribution in [0.2, 0.25) is 0 Å². The average molecular weight is 441 g/mol. The van der Waals surface area contributed by atoms with E-state index in [4.69, 9.17) is 0 Å². The van der Waals surface area contributed by atoms with E-state index in [1.165, 1.54) is 30.3 Å². The third kappa shape index (κ3) is 6.02. The SMILES string of the molecule is Cc1ccc(C(=O)NCC(=O)NCCN2C(=O)S/C(=C\c3ccc(F)cc3)C2=O)cc1. The van der Waals surface area contributed by atoms with Gasteiger partial charge in [0.05, 0.1) is 11.4 Å². The number of amides is 4. The van der Waals surface area contributed by atoms with Crippen LogP contribution >= 0.6 is 11.8 Å². The first-order chi connectivity index (χ1) is 14.8. The van der Waals surface area contributed by atoms with Gasteiger partial charge in [-0.2, -0.15) is 0 Å². The number of benzene rings is 2. The molecule has 1 fully saturated rings. The summed E-state index contributed by atoms with van der Waals surface area (Å²) >= 11 is 0.787. The number of hydrogen-bond donors (Lipinski definition) is 2. The maximum atomic E-state index is 13.0. The summed E-state index contributed by atoms with van der Waals surface area (Å²) in [7, 11) is 0. The number of thioether (sulfide) groups is 1. The zero-order valence-electron chi connectivity index (χ0n) is 16.7. The molecule has 0 bridgehead atoms. The molecule has 0 saturated carbocycles. The zero-order chi connectivity index (χ0) is 22.4. The lowest BCUT2D eigenvalue weighted by atomic mass is 10.1. The summed E-state index contributed by atoms with van der Waals surface area (Å²) in [5.74, 6) is -1.67. The van der Waals surface area contributed by atoms with Gasteiger partial charge in [0.15, 0.2) is 0 Å². The van der Waals surface area contributed by atoms with Crippen LogP contribution in [0.4, 0.5) is 9.18 Å². The van der Waals surface area contributed by atoms with E-state index in [9.17, 15) is 23.6 Å². The average Bonchev–Trinajstić information content (AvgIpc) is 3.01. The monoisotopic (exact) mass is 441 g/mol. The van der Waals surface area contributed by atoms with E-state index in [-0.39, 0.29) is 30.4 Å². The Morgan fingerprint density at radius 2 is 1.71 bits per heavy atom. The second kappa shape index (κ2) is 10.0. The topological polar surface area (TPSA) is 95.6 Å². The first-order valence-corrected chi connectivity index (χ1v) is 10.3. The zero-order valence-corrected chi connectivity index (χ0v) is 17.5. The summed E-state index contributed by atoms with van der Waals surface area (Å²) < 4.78 is 13.0. The van der Waals surface area contributed by atoms with Gasteiger partial charge in [-0.1, -0.05) is 29.8 Å². The van der Waals surface area contributed by atoms with E-state index >= 15 is 0 Å². The van der Waals surface area contributed by atoms with E-state index in [0.29, 0.717) is 11.1 Å². The molecule has 0 atom stereocenters. The molecule has 2 N–H and O–H groups in total. The lowest BCUT2D eigenvalue weighted by Crippen LogP contribution is -2.41. The minimum Gasteiger partial charge on any atom is -0.353 e. The molecule has 0 spiro atoms. The molecular weight excluding hydrogens is 421 g/mol. The number of imide groups is 1. The fourth-order valence-corrected chi connectivity index (χ4v) is 3.61. The number of aryl methyl sites for hydroxylation is 1. The third-order valence-corrected chi connectivity index (χ3v) is 5.33. The number of rotatable bonds is 7. The largest absolute Gasteiger partial charge is 0.353 e. The Hall–Kier alpha value is -3.46. The molecular formula is C22H20FN3O4S. The number of carbonyl (C=O) groups excluding carboxylic acids is 4. The second-order valence-corrected chi connectivity index (χ2v) is 7.78. The van der Waals surface area contributed by atoms with Crippen molar-refractivity contribution in [3.63, 3.8) is 0 Å². The summed E-state index contributed by atoms with van der Waals surface area (Å²) in [6.45, 7) is 1.74. The van der Waals surface area contributed by atoms with Crippen molar-refractivity contribution in [2.45, 2.75) is 6.92 Å². The van der Waals surface area contributed by atoms with Crippen LogP contribution in [0.3, 0.4) is 0 Å². The molecule has 3 rings (SSSR count). The highest BCUT2D eigenvalue weighted by molar-refractivity contribution is 8.18. The van der Waals surface area contributed by atoms with E-state index in [1.807, 2.05) is 6.92 Å². The van der Waals surface area contributed by atoms with Crippen LogP contribution in [0.1, 0.15) is 21.5 Å². The summed E-state index contributed by atoms with van der Waals surface area (Å²) in [6, 6.07) is 12.5. The minimum atomic E-state index is -0.471. The number of halogens is 1. The Balaban J connectivity index is 1.45. The molecule has 7 nitrogen and oxygen atoms in total. The van der Waals surface area contributed by atoms with Gasteiger partial charge in [0.1, 0.15) is 5.82 Å². The van der Waals surface area contributed by atoms with Gasteiger partial charge in [-0.15, -0.1) is 0 Å². The number of nitrogens with zero attached hydrogens (tertiary/aromatic N) is 1. The molecule has 1 aliphatic heterocycles. The summed E-state index contributed by atoms with van der Waals surface area (Å²) in [5.41, 5.74) is 2.07. The maximum Gasteiger partial charge on any atom is 0.293 e. The fourth-order valence-electron chi connectivity index (χ4n) is 2.74. The predicted molar refractivity (Wildman–Crippen MR) is 116 cm³/mol. The molecule has 2 aromatic rings. The lowest BCUT2D eigenvalue weighted by molar-refractivity contribution is -0.124. The Labute approximate surface area is 182 Å². The molecule has 4 amide bonds. The van der Waals surface area contributed by atoms with Gasteiger partial charge < -0.3 is 10.6 Å². The quantitative estimate of drug-likeness (QED) is 0.645. The molecule has 0 aromatic heterocycles. The summed E-state index contributed by atoms with van der Waals surface area (Å²) in [6.07, 6.45) is 1.52. The van der Waals surface area contributed by atoms with Crippen molar-refractivity contribution in [2.75, 3.05) is 19.6 Å². The normalized spacial score (nSPS) is 14.8. The fraction of sp³-hybridized carbons (Fsp3) is 0.182. The Morgan fingerprint density at radius 1 is 1.03 bits per heavy atom. The van der Waals surface area contributed by atoms with Gasteiger partial charge in [-0.3, -0.25) is 24.1 Å². The molecule has 31 heavy (non-hydrogen) atoms. The molecule has 0 unspecified atom stereocenters. The molecule has 0 radical (unpaired) electrons. The van der Waals surface area contributed by atoms with Crippen molar-refractivity contribution < 1.29 is 23.6 Å². The Morgan fingerprint density at radius 3 is 2.39 bits per heavy atom. The molecule has 160 valence electrons. The van der Waals surface area contributed by atoms with Crippen LogP contribution in [0, 0.1) is 12.7 Å².